The highest BCUT2D eigenvalue weighted by Gasteiger charge is 2.18. The molecule has 0 fully saturated rings. The first-order chi connectivity index (χ1) is 15.3. The van der Waals surface area contributed by atoms with E-state index in [1.807, 2.05) is 30.3 Å². The zero-order chi connectivity index (χ0) is 23.1. The largest absolute Gasteiger partial charge is 0.364 e. The fourth-order valence-electron chi connectivity index (χ4n) is 2.82. The van der Waals surface area contributed by atoms with Crippen LogP contribution in [0.4, 0.5) is 0 Å². The summed E-state index contributed by atoms with van der Waals surface area (Å²) < 4.78 is 0. The third kappa shape index (κ3) is 5.51. The lowest BCUT2D eigenvalue weighted by atomic mass is 10.1. The van der Waals surface area contributed by atoms with Gasteiger partial charge in [0.25, 0.3) is 23.6 Å². The molecule has 0 aliphatic heterocycles. The number of hydrogen-bond acceptors (Lipinski definition) is 6. The van der Waals surface area contributed by atoms with Crippen molar-refractivity contribution in [3.63, 3.8) is 0 Å². The van der Waals surface area contributed by atoms with Crippen molar-refractivity contribution in [3.05, 3.63) is 95.1 Å². The van der Waals surface area contributed by atoms with Gasteiger partial charge in [-0.1, -0.05) is 30.3 Å². The van der Waals surface area contributed by atoms with E-state index in [1.165, 1.54) is 36.7 Å². The highest BCUT2D eigenvalue weighted by Crippen LogP contribution is 2.13. The summed E-state index contributed by atoms with van der Waals surface area (Å²) >= 11 is 0. The molecule has 6 N–H and O–H groups in total. The molecule has 3 rings (SSSR count). The van der Waals surface area contributed by atoms with Crippen LogP contribution in [0.15, 0.2) is 67.0 Å². The number of rotatable bonds is 8. The van der Waals surface area contributed by atoms with E-state index in [4.69, 9.17) is 11.5 Å². The maximum absolute atomic E-state index is 12.7. The van der Waals surface area contributed by atoms with Crippen molar-refractivity contribution in [2.45, 2.75) is 6.04 Å². The van der Waals surface area contributed by atoms with Crippen molar-refractivity contribution in [1.82, 2.24) is 20.6 Å². The van der Waals surface area contributed by atoms with Crippen molar-refractivity contribution in [2.75, 3.05) is 6.54 Å². The molecule has 0 aliphatic carbocycles. The molecule has 1 aromatic carbocycles. The molecule has 3 aromatic rings. The molecular formula is C22H20N6O4. The van der Waals surface area contributed by atoms with Gasteiger partial charge in [-0.3, -0.25) is 29.1 Å². The molecule has 0 bridgehead atoms. The molecule has 2 heterocycles. The van der Waals surface area contributed by atoms with E-state index in [-0.39, 0.29) is 29.1 Å². The number of benzene rings is 1. The lowest BCUT2D eigenvalue weighted by molar-refractivity contribution is 0.0908. The normalized spacial score (nSPS) is 11.2. The number of pyridine rings is 2. The standard InChI is InChI=1S/C22H20N6O4/c23-19(29)16-8-6-14(10-25-16)21(31)27-12-18(13-4-2-1-3-5-13)28-22(32)15-7-9-17(20(24)30)26-11-15/h1-11,18H,12H2,(H2,23,29)(H2,24,30)(H,27,31)(H,28,32)/t18-/m0/s1. The number of hydrogen-bond donors (Lipinski definition) is 4. The Hall–Kier alpha value is -4.60. The highest BCUT2D eigenvalue weighted by atomic mass is 16.2. The molecule has 32 heavy (non-hydrogen) atoms. The monoisotopic (exact) mass is 432 g/mol. The maximum Gasteiger partial charge on any atom is 0.267 e. The number of carbonyl (C=O) groups excluding carboxylic acids is 4. The van der Waals surface area contributed by atoms with Gasteiger partial charge < -0.3 is 22.1 Å². The Balaban J connectivity index is 1.72. The zero-order valence-corrected chi connectivity index (χ0v) is 16.8. The molecule has 2 aromatic heterocycles. The van der Waals surface area contributed by atoms with Gasteiger partial charge in [0, 0.05) is 18.9 Å². The van der Waals surface area contributed by atoms with Crippen LogP contribution in [0.2, 0.25) is 0 Å². The van der Waals surface area contributed by atoms with Gasteiger partial charge in [-0.25, -0.2) is 0 Å². The Labute approximate surface area is 183 Å². The number of aromatic nitrogens is 2. The van der Waals surface area contributed by atoms with E-state index < -0.39 is 29.7 Å². The second-order valence-electron chi connectivity index (χ2n) is 6.74. The molecule has 10 heteroatoms. The van der Waals surface area contributed by atoms with Gasteiger partial charge in [0.15, 0.2) is 0 Å². The molecule has 0 radical (unpaired) electrons. The summed E-state index contributed by atoms with van der Waals surface area (Å²) in [6.07, 6.45) is 2.50. The fourth-order valence-corrected chi connectivity index (χ4v) is 2.82. The third-order valence-electron chi connectivity index (χ3n) is 4.53. The summed E-state index contributed by atoms with van der Waals surface area (Å²) in [6.45, 7) is 0.0823. The van der Waals surface area contributed by atoms with E-state index in [0.717, 1.165) is 5.56 Å². The van der Waals surface area contributed by atoms with Gasteiger partial charge in [0.2, 0.25) is 0 Å². The predicted molar refractivity (Wildman–Crippen MR) is 114 cm³/mol. The van der Waals surface area contributed by atoms with E-state index >= 15 is 0 Å². The van der Waals surface area contributed by atoms with Crippen LogP contribution < -0.4 is 22.1 Å². The molecule has 0 saturated carbocycles. The average Bonchev–Trinajstić information content (AvgIpc) is 2.82. The van der Waals surface area contributed by atoms with Crippen LogP contribution in [-0.2, 0) is 0 Å². The maximum atomic E-state index is 12.7. The molecule has 1 atom stereocenters. The third-order valence-corrected chi connectivity index (χ3v) is 4.53. The summed E-state index contributed by atoms with van der Waals surface area (Å²) in [5, 5.41) is 5.58. The number of carbonyl (C=O) groups is 4. The minimum atomic E-state index is -0.694. The number of nitrogens with one attached hydrogen (secondary N) is 2. The molecule has 10 nitrogen and oxygen atoms in total. The minimum absolute atomic E-state index is 0.0457. The van der Waals surface area contributed by atoms with Crippen molar-refractivity contribution >= 4 is 23.6 Å². The highest BCUT2D eigenvalue weighted by molar-refractivity contribution is 5.97. The van der Waals surface area contributed by atoms with Crippen molar-refractivity contribution < 1.29 is 19.2 Å². The molecule has 0 aliphatic rings. The summed E-state index contributed by atoms with van der Waals surface area (Å²) in [5.41, 5.74) is 11.6. The zero-order valence-electron chi connectivity index (χ0n) is 16.8. The topological polar surface area (TPSA) is 170 Å². The Kier molecular flexibility index (Phi) is 6.86. The smallest absolute Gasteiger partial charge is 0.267 e. The molecule has 0 unspecified atom stereocenters. The summed E-state index contributed by atoms with van der Waals surface area (Å²) in [6, 6.07) is 14.1. The minimum Gasteiger partial charge on any atom is -0.364 e. The SMILES string of the molecule is NC(=O)c1ccc(C(=O)NC[C@H](NC(=O)c2ccc(C(N)=O)nc2)c2ccccc2)cn1. The van der Waals surface area contributed by atoms with Crippen molar-refractivity contribution in [1.29, 1.82) is 0 Å². The van der Waals surface area contributed by atoms with Crippen LogP contribution in [-0.4, -0.2) is 40.1 Å². The van der Waals surface area contributed by atoms with Crippen LogP contribution in [0.5, 0.6) is 0 Å². The average molecular weight is 432 g/mol. The Morgan fingerprint density at radius 3 is 1.75 bits per heavy atom. The van der Waals surface area contributed by atoms with Crippen LogP contribution in [0.25, 0.3) is 0 Å². The molecule has 0 spiro atoms. The van der Waals surface area contributed by atoms with Gasteiger partial charge in [0.1, 0.15) is 11.4 Å². The Bertz CT molecular complexity index is 1130. The van der Waals surface area contributed by atoms with Gasteiger partial charge in [0.05, 0.1) is 17.2 Å². The quantitative estimate of drug-likeness (QED) is 0.405. The first-order valence-electron chi connectivity index (χ1n) is 9.51. The first kappa shape index (κ1) is 22.1. The lowest BCUT2D eigenvalue weighted by Gasteiger charge is -2.20. The van der Waals surface area contributed by atoms with Gasteiger partial charge >= 0.3 is 0 Å². The van der Waals surface area contributed by atoms with Crippen LogP contribution >= 0.6 is 0 Å². The second kappa shape index (κ2) is 9.94. The second-order valence-corrected chi connectivity index (χ2v) is 6.74. The molecule has 162 valence electrons. The van der Waals surface area contributed by atoms with E-state index in [9.17, 15) is 19.2 Å². The summed E-state index contributed by atoms with van der Waals surface area (Å²) in [4.78, 5) is 55.2. The fraction of sp³-hybridized carbons (Fsp3) is 0.0909. The molecule has 4 amide bonds. The Morgan fingerprint density at radius 2 is 1.28 bits per heavy atom. The predicted octanol–water partition coefficient (Wildman–Crippen LogP) is 0.575. The van der Waals surface area contributed by atoms with E-state index in [1.54, 1.807) is 0 Å². The van der Waals surface area contributed by atoms with Gasteiger partial charge in [-0.15, -0.1) is 0 Å². The lowest BCUT2D eigenvalue weighted by Crippen LogP contribution is -2.38. The van der Waals surface area contributed by atoms with Crippen LogP contribution in [0.1, 0.15) is 53.3 Å². The van der Waals surface area contributed by atoms with Crippen LogP contribution in [0.3, 0.4) is 0 Å². The number of nitrogens with zero attached hydrogens (tertiary/aromatic N) is 2. The van der Waals surface area contributed by atoms with Crippen molar-refractivity contribution in [2.24, 2.45) is 11.5 Å². The Morgan fingerprint density at radius 1 is 0.750 bits per heavy atom. The van der Waals surface area contributed by atoms with Crippen LogP contribution in [0, 0.1) is 0 Å². The summed E-state index contributed by atoms with van der Waals surface area (Å²) in [7, 11) is 0. The van der Waals surface area contributed by atoms with Crippen molar-refractivity contribution in [3.8, 4) is 0 Å². The first-order valence-corrected chi connectivity index (χ1v) is 9.51. The molecule has 0 saturated heterocycles. The van der Waals surface area contributed by atoms with E-state index in [0.29, 0.717) is 0 Å². The van der Waals surface area contributed by atoms with E-state index in [2.05, 4.69) is 20.6 Å². The number of primary amides is 2. The number of amides is 4. The van der Waals surface area contributed by atoms with Gasteiger partial charge in [-0.05, 0) is 29.8 Å². The molecular weight excluding hydrogens is 412 g/mol. The number of nitrogens with two attached hydrogens (primary N) is 2. The summed E-state index contributed by atoms with van der Waals surface area (Å²) in [5.74, 6) is -2.26. The van der Waals surface area contributed by atoms with Gasteiger partial charge in [-0.2, -0.15) is 0 Å².